The van der Waals surface area contributed by atoms with Crippen LogP contribution in [-0.2, 0) is 4.79 Å². The second-order valence-corrected chi connectivity index (χ2v) is 8.45. The highest BCUT2D eigenvalue weighted by Gasteiger charge is 2.29. The normalized spacial score (nSPS) is 17.6. The number of oxazole rings is 1. The molecule has 10 heteroatoms. The summed E-state index contributed by atoms with van der Waals surface area (Å²) in [6.07, 6.45) is 4.67. The predicted octanol–water partition coefficient (Wildman–Crippen LogP) is 2.12. The fraction of sp³-hybridized carbons (Fsp3) is 0.292. The van der Waals surface area contributed by atoms with E-state index in [1.807, 2.05) is 22.9 Å². The molecule has 1 amide bonds. The lowest BCUT2D eigenvalue weighted by molar-refractivity contribution is -0.125. The zero-order valence-electron chi connectivity index (χ0n) is 18.4. The van der Waals surface area contributed by atoms with E-state index in [0.717, 1.165) is 42.6 Å². The number of rotatable bonds is 3. The topological polar surface area (TPSA) is 119 Å². The molecule has 5 heterocycles. The van der Waals surface area contributed by atoms with Crippen molar-refractivity contribution in [3.63, 3.8) is 0 Å². The van der Waals surface area contributed by atoms with E-state index in [1.165, 1.54) is 12.4 Å². The molecule has 4 aromatic rings. The van der Waals surface area contributed by atoms with Crippen LogP contribution in [0.5, 0.6) is 0 Å². The van der Waals surface area contributed by atoms with Crippen molar-refractivity contribution < 1.29 is 9.21 Å². The van der Waals surface area contributed by atoms with Gasteiger partial charge in [0.15, 0.2) is 11.2 Å². The third kappa shape index (κ3) is 3.33. The van der Waals surface area contributed by atoms with Gasteiger partial charge in [-0.15, -0.1) is 0 Å². The van der Waals surface area contributed by atoms with E-state index in [2.05, 4.69) is 38.3 Å². The maximum atomic E-state index is 12.0. The number of likely N-dealkylation sites (tertiary alicyclic amines) is 1. The molecule has 0 aliphatic carbocycles. The van der Waals surface area contributed by atoms with Crippen molar-refractivity contribution in [3.8, 4) is 11.8 Å². The standard InChI is InChI=1S/C24H22N8O2/c1-2-20(33)31-11-8-16(13-31)32-23-21(22(25)26-14-27-23)17(29-32)6-4-15-5-7-19-18(12-15)28-24(34-19)30-9-3-10-30/h2,5,7,12,14,16H,1,3,8-11,13H2,(H2,25,26,27)/t16-/m0/s1. The Morgan fingerprint density at radius 3 is 2.91 bits per heavy atom. The minimum absolute atomic E-state index is 0.0253. The Bertz CT molecular complexity index is 1500. The molecule has 0 saturated carbocycles. The van der Waals surface area contributed by atoms with Gasteiger partial charge in [-0.2, -0.15) is 10.1 Å². The largest absolute Gasteiger partial charge is 0.423 e. The van der Waals surface area contributed by atoms with Gasteiger partial charge in [0, 0.05) is 31.7 Å². The Labute approximate surface area is 195 Å². The van der Waals surface area contributed by atoms with Crippen LogP contribution >= 0.6 is 0 Å². The molecule has 0 bridgehead atoms. The van der Waals surface area contributed by atoms with Crippen LogP contribution < -0.4 is 10.6 Å². The average molecular weight is 454 g/mol. The van der Waals surface area contributed by atoms with Gasteiger partial charge >= 0.3 is 0 Å². The molecule has 3 aromatic heterocycles. The van der Waals surface area contributed by atoms with Gasteiger partial charge in [-0.3, -0.25) is 4.79 Å². The number of anilines is 2. The maximum Gasteiger partial charge on any atom is 0.298 e. The molecule has 2 fully saturated rings. The minimum atomic E-state index is -0.0892. The summed E-state index contributed by atoms with van der Waals surface area (Å²) in [5, 5.41) is 5.35. The fourth-order valence-electron chi connectivity index (χ4n) is 4.38. The van der Waals surface area contributed by atoms with E-state index in [0.29, 0.717) is 41.6 Å². The van der Waals surface area contributed by atoms with Crippen LogP contribution in [0.1, 0.15) is 30.1 Å². The number of fused-ring (bicyclic) bond motifs is 2. The maximum absolute atomic E-state index is 12.0. The Morgan fingerprint density at radius 2 is 2.12 bits per heavy atom. The first-order chi connectivity index (χ1) is 16.6. The first-order valence-electron chi connectivity index (χ1n) is 11.2. The zero-order valence-corrected chi connectivity index (χ0v) is 18.4. The first kappa shape index (κ1) is 20.2. The molecule has 6 rings (SSSR count). The Morgan fingerprint density at radius 1 is 1.24 bits per heavy atom. The van der Waals surface area contributed by atoms with Crippen molar-refractivity contribution in [1.29, 1.82) is 0 Å². The average Bonchev–Trinajstić information content (AvgIpc) is 3.52. The Hall–Kier alpha value is -4.39. The molecular weight excluding hydrogens is 432 g/mol. The Kier molecular flexibility index (Phi) is 4.69. The van der Waals surface area contributed by atoms with Gasteiger partial charge in [-0.1, -0.05) is 12.5 Å². The zero-order chi connectivity index (χ0) is 23.2. The second-order valence-electron chi connectivity index (χ2n) is 8.45. The summed E-state index contributed by atoms with van der Waals surface area (Å²) >= 11 is 0. The van der Waals surface area contributed by atoms with Crippen molar-refractivity contribution in [3.05, 3.63) is 48.4 Å². The number of amides is 1. The predicted molar refractivity (Wildman–Crippen MR) is 127 cm³/mol. The van der Waals surface area contributed by atoms with Gasteiger partial charge in [-0.25, -0.2) is 14.6 Å². The van der Waals surface area contributed by atoms with E-state index in [-0.39, 0.29) is 11.9 Å². The number of carbonyl (C=O) groups is 1. The molecule has 170 valence electrons. The van der Waals surface area contributed by atoms with Crippen molar-refractivity contribution >= 4 is 39.9 Å². The molecule has 2 aliphatic rings. The Balaban J connectivity index is 1.35. The molecule has 2 N–H and O–H groups in total. The minimum Gasteiger partial charge on any atom is -0.423 e. The molecule has 2 aliphatic heterocycles. The quantitative estimate of drug-likeness (QED) is 0.369. The second kappa shape index (κ2) is 7.88. The number of benzene rings is 1. The highest BCUT2D eigenvalue weighted by atomic mass is 16.4. The SMILES string of the molecule is C=CC(=O)N1CC[C@H](n2nc(C#Cc3ccc4oc(N5CCC5)nc4c3)c3c(N)ncnc32)C1. The van der Waals surface area contributed by atoms with E-state index in [9.17, 15) is 4.79 Å². The molecule has 34 heavy (non-hydrogen) atoms. The first-order valence-corrected chi connectivity index (χ1v) is 11.2. The van der Waals surface area contributed by atoms with Crippen LogP contribution in [0, 0.1) is 11.8 Å². The van der Waals surface area contributed by atoms with E-state index >= 15 is 0 Å². The van der Waals surface area contributed by atoms with Crippen LogP contribution in [-0.4, -0.2) is 61.7 Å². The van der Waals surface area contributed by atoms with Crippen LogP contribution in [0.25, 0.3) is 22.1 Å². The number of carbonyl (C=O) groups excluding carboxylic acids is 1. The van der Waals surface area contributed by atoms with Gasteiger partial charge < -0.3 is 20.0 Å². The third-order valence-electron chi connectivity index (χ3n) is 6.34. The van der Waals surface area contributed by atoms with E-state index in [1.54, 1.807) is 4.90 Å². The third-order valence-corrected chi connectivity index (χ3v) is 6.34. The fourth-order valence-corrected chi connectivity index (χ4v) is 4.38. The van der Waals surface area contributed by atoms with Crippen molar-refractivity contribution in [2.24, 2.45) is 0 Å². The van der Waals surface area contributed by atoms with Crippen molar-refractivity contribution in [2.75, 3.05) is 36.8 Å². The van der Waals surface area contributed by atoms with Gasteiger partial charge in [-0.05, 0) is 43.0 Å². The monoisotopic (exact) mass is 454 g/mol. The summed E-state index contributed by atoms with van der Waals surface area (Å²) in [5.74, 6) is 6.55. The van der Waals surface area contributed by atoms with Crippen molar-refractivity contribution in [2.45, 2.75) is 18.9 Å². The molecule has 1 aromatic carbocycles. The molecule has 10 nitrogen and oxygen atoms in total. The van der Waals surface area contributed by atoms with Gasteiger partial charge in [0.1, 0.15) is 23.4 Å². The molecular formula is C24H22N8O2. The van der Waals surface area contributed by atoms with Crippen LogP contribution in [0.2, 0.25) is 0 Å². The van der Waals surface area contributed by atoms with Gasteiger partial charge in [0.05, 0.1) is 11.4 Å². The summed E-state index contributed by atoms with van der Waals surface area (Å²) in [6, 6.07) is 6.32. The number of nitrogen functional groups attached to an aromatic ring is 1. The summed E-state index contributed by atoms with van der Waals surface area (Å²) in [4.78, 5) is 29.0. The number of hydrogen-bond donors (Lipinski definition) is 1. The molecule has 1 atom stereocenters. The van der Waals surface area contributed by atoms with Crippen LogP contribution in [0.15, 0.2) is 41.6 Å². The van der Waals surface area contributed by atoms with E-state index in [4.69, 9.17) is 15.2 Å². The summed E-state index contributed by atoms with van der Waals surface area (Å²) < 4.78 is 7.65. The number of hydrogen-bond acceptors (Lipinski definition) is 8. The summed E-state index contributed by atoms with van der Waals surface area (Å²) in [7, 11) is 0. The highest BCUT2D eigenvalue weighted by molar-refractivity contribution is 5.91. The summed E-state index contributed by atoms with van der Waals surface area (Å²) in [5.41, 5.74) is 9.59. The smallest absolute Gasteiger partial charge is 0.298 e. The van der Waals surface area contributed by atoms with E-state index < -0.39 is 0 Å². The van der Waals surface area contributed by atoms with Crippen LogP contribution in [0.3, 0.4) is 0 Å². The van der Waals surface area contributed by atoms with Gasteiger partial charge in [0.2, 0.25) is 5.91 Å². The summed E-state index contributed by atoms with van der Waals surface area (Å²) in [6.45, 7) is 6.68. The lowest BCUT2D eigenvalue weighted by Gasteiger charge is -2.28. The van der Waals surface area contributed by atoms with Crippen LogP contribution in [0.4, 0.5) is 11.8 Å². The molecule has 0 unspecified atom stereocenters. The highest BCUT2D eigenvalue weighted by Crippen LogP contribution is 2.29. The molecule has 2 saturated heterocycles. The van der Waals surface area contributed by atoms with Gasteiger partial charge in [0.25, 0.3) is 6.01 Å². The number of nitrogens with zero attached hydrogens (tertiary/aromatic N) is 7. The number of aromatic nitrogens is 5. The lowest BCUT2D eigenvalue weighted by Crippen LogP contribution is -2.37. The molecule has 0 spiro atoms. The lowest BCUT2D eigenvalue weighted by atomic mass is 10.2. The number of nitrogens with two attached hydrogens (primary N) is 1. The molecule has 0 radical (unpaired) electrons. The van der Waals surface area contributed by atoms with Crippen molar-refractivity contribution in [1.82, 2.24) is 29.6 Å².